The molecule has 10 heteroatoms. The Labute approximate surface area is 226 Å². The zero-order valence-corrected chi connectivity index (χ0v) is 21.5. The van der Waals surface area contributed by atoms with Crippen LogP contribution in [0.15, 0.2) is 61.2 Å². The van der Waals surface area contributed by atoms with Crippen molar-refractivity contribution in [3.8, 4) is 0 Å². The summed E-state index contributed by atoms with van der Waals surface area (Å²) in [6.45, 7) is 3.62. The van der Waals surface area contributed by atoms with Crippen molar-refractivity contribution in [1.29, 1.82) is 0 Å². The summed E-state index contributed by atoms with van der Waals surface area (Å²) < 4.78 is 12.1. The molecule has 3 aromatic rings. The van der Waals surface area contributed by atoms with Gasteiger partial charge in [0.05, 0.1) is 16.5 Å². The van der Waals surface area contributed by atoms with Crippen molar-refractivity contribution in [1.82, 2.24) is 0 Å². The van der Waals surface area contributed by atoms with E-state index in [9.17, 15) is 14.0 Å². The molecule has 2 N–H and O–H groups in total. The first-order valence-corrected chi connectivity index (χ1v) is 12.1. The van der Waals surface area contributed by atoms with Gasteiger partial charge < -0.3 is 10.6 Å². The SMILES string of the molecule is C=Cc1cc(F)ccc1NC(=O)c1cc(NC(=O)C2C(c3cc(Cl)cc(Cl)c3)C2(Cl)Cl)ccc1Cl. The van der Waals surface area contributed by atoms with Gasteiger partial charge in [-0.05, 0) is 60.2 Å². The van der Waals surface area contributed by atoms with Crippen LogP contribution in [0.1, 0.15) is 27.4 Å². The van der Waals surface area contributed by atoms with Gasteiger partial charge in [0.2, 0.25) is 5.91 Å². The Hall–Kier alpha value is -2.28. The van der Waals surface area contributed by atoms with E-state index in [1.165, 1.54) is 36.4 Å². The maximum Gasteiger partial charge on any atom is 0.257 e. The van der Waals surface area contributed by atoms with Gasteiger partial charge in [0, 0.05) is 32.9 Å². The lowest BCUT2D eigenvalue weighted by Crippen LogP contribution is -2.18. The Balaban J connectivity index is 1.52. The zero-order valence-electron chi connectivity index (χ0n) is 17.7. The number of carbonyl (C=O) groups excluding carboxylic acids is 2. The topological polar surface area (TPSA) is 58.2 Å². The Bertz CT molecular complexity index is 1340. The molecule has 0 aromatic heterocycles. The number of amides is 2. The summed E-state index contributed by atoms with van der Waals surface area (Å²) >= 11 is 31.2. The fraction of sp³-hybridized carbons (Fsp3) is 0.120. The molecule has 0 radical (unpaired) electrons. The van der Waals surface area contributed by atoms with Crippen LogP contribution in [-0.2, 0) is 4.79 Å². The van der Waals surface area contributed by atoms with Crippen LogP contribution in [0.25, 0.3) is 6.08 Å². The van der Waals surface area contributed by atoms with E-state index in [1.54, 1.807) is 24.3 Å². The molecule has 2 unspecified atom stereocenters. The average Bonchev–Trinajstić information content (AvgIpc) is 3.37. The third-order valence-electron chi connectivity index (χ3n) is 5.54. The van der Waals surface area contributed by atoms with Gasteiger partial charge >= 0.3 is 0 Å². The van der Waals surface area contributed by atoms with Crippen molar-refractivity contribution in [2.24, 2.45) is 5.92 Å². The van der Waals surface area contributed by atoms with Crippen molar-refractivity contribution in [3.63, 3.8) is 0 Å². The number of halogens is 6. The van der Waals surface area contributed by atoms with Crippen LogP contribution in [0, 0.1) is 11.7 Å². The second-order valence-electron chi connectivity index (χ2n) is 7.91. The average molecular weight is 573 g/mol. The molecule has 3 aromatic carbocycles. The maximum atomic E-state index is 13.5. The molecule has 4 nitrogen and oxygen atoms in total. The highest BCUT2D eigenvalue weighted by Gasteiger charge is 2.67. The molecule has 0 spiro atoms. The number of benzene rings is 3. The van der Waals surface area contributed by atoms with E-state index >= 15 is 0 Å². The molecular formula is C25H16Cl5FN2O2. The molecule has 0 bridgehead atoms. The third-order valence-corrected chi connectivity index (χ3v) is 7.25. The monoisotopic (exact) mass is 570 g/mol. The van der Waals surface area contributed by atoms with Crippen molar-refractivity contribution >= 4 is 87.3 Å². The minimum Gasteiger partial charge on any atom is -0.326 e. The second-order valence-corrected chi connectivity index (χ2v) is 10.6. The smallest absolute Gasteiger partial charge is 0.257 e. The fourth-order valence-electron chi connectivity index (χ4n) is 3.83. The van der Waals surface area contributed by atoms with Gasteiger partial charge in [-0.1, -0.05) is 47.5 Å². The Kier molecular flexibility index (Phi) is 7.37. The van der Waals surface area contributed by atoms with E-state index in [0.29, 0.717) is 32.5 Å². The lowest BCUT2D eigenvalue weighted by molar-refractivity contribution is -0.117. The molecule has 1 fully saturated rings. The number of alkyl halides is 2. The van der Waals surface area contributed by atoms with E-state index in [-0.39, 0.29) is 10.6 Å². The first kappa shape index (κ1) is 25.8. The van der Waals surface area contributed by atoms with E-state index in [4.69, 9.17) is 58.0 Å². The summed E-state index contributed by atoms with van der Waals surface area (Å²) in [6, 6.07) is 13.2. The molecule has 35 heavy (non-hydrogen) atoms. The van der Waals surface area contributed by atoms with Gasteiger partial charge in [-0.25, -0.2) is 4.39 Å². The summed E-state index contributed by atoms with van der Waals surface area (Å²) in [5.74, 6) is -2.76. The van der Waals surface area contributed by atoms with E-state index in [0.717, 1.165) is 0 Å². The van der Waals surface area contributed by atoms with Crippen LogP contribution < -0.4 is 10.6 Å². The minimum atomic E-state index is -1.35. The molecule has 180 valence electrons. The Morgan fingerprint density at radius 1 is 0.943 bits per heavy atom. The van der Waals surface area contributed by atoms with E-state index in [1.807, 2.05) is 0 Å². The Morgan fingerprint density at radius 3 is 2.29 bits per heavy atom. The number of rotatable bonds is 6. The van der Waals surface area contributed by atoms with Gasteiger partial charge in [0.15, 0.2) is 0 Å². The lowest BCUT2D eigenvalue weighted by atomic mass is 10.1. The Morgan fingerprint density at radius 2 is 1.63 bits per heavy atom. The first-order valence-electron chi connectivity index (χ1n) is 10.2. The van der Waals surface area contributed by atoms with Crippen LogP contribution in [-0.4, -0.2) is 16.1 Å². The second kappa shape index (κ2) is 10.00. The van der Waals surface area contributed by atoms with E-state index in [2.05, 4.69) is 17.2 Å². The highest BCUT2D eigenvalue weighted by atomic mass is 35.5. The molecular weight excluding hydrogens is 557 g/mol. The summed E-state index contributed by atoms with van der Waals surface area (Å²) in [5, 5.41) is 6.36. The van der Waals surface area contributed by atoms with Crippen molar-refractivity contribution in [3.05, 3.63) is 98.8 Å². The molecule has 0 saturated heterocycles. The van der Waals surface area contributed by atoms with Crippen LogP contribution in [0.2, 0.25) is 15.1 Å². The standard InChI is InChI=1S/C25H16Cl5FN2O2/c1-2-12-9-16(31)3-6-20(12)33-23(34)18-11-17(4-5-19(18)28)32-24(35)22-21(25(22,29)30)13-7-14(26)10-15(27)8-13/h2-11,21-22H,1H2,(H,32,35)(H,33,34). The van der Waals surface area contributed by atoms with Crippen LogP contribution in [0.5, 0.6) is 0 Å². The minimum absolute atomic E-state index is 0.0979. The van der Waals surface area contributed by atoms with Crippen LogP contribution in [0.3, 0.4) is 0 Å². The van der Waals surface area contributed by atoms with Gasteiger partial charge in [0.25, 0.3) is 5.91 Å². The van der Waals surface area contributed by atoms with Gasteiger partial charge in [0.1, 0.15) is 10.2 Å². The van der Waals surface area contributed by atoms with Gasteiger partial charge in [-0.2, -0.15) is 0 Å². The first-order chi connectivity index (χ1) is 16.5. The quantitative estimate of drug-likeness (QED) is 0.293. The van der Waals surface area contributed by atoms with E-state index < -0.39 is 33.8 Å². The summed E-state index contributed by atoms with van der Waals surface area (Å²) in [5.41, 5.74) is 1.81. The van der Waals surface area contributed by atoms with Crippen molar-refractivity contribution < 1.29 is 14.0 Å². The molecule has 2 atom stereocenters. The molecule has 0 heterocycles. The highest BCUT2D eigenvalue weighted by Crippen LogP contribution is 2.65. The van der Waals surface area contributed by atoms with Crippen molar-refractivity contribution in [2.75, 3.05) is 10.6 Å². The number of hydrogen-bond acceptors (Lipinski definition) is 2. The number of anilines is 2. The molecule has 1 saturated carbocycles. The molecule has 0 aliphatic heterocycles. The largest absolute Gasteiger partial charge is 0.326 e. The molecule has 1 aliphatic carbocycles. The van der Waals surface area contributed by atoms with Crippen LogP contribution >= 0.6 is 58.0 Å². The van der Waals surface area contributed by atoms with Crippen LogP contribution in [0.4, 0.5) is 15.8 Å². The van der Waals surface area contributed by atoms with Crippen molar-refractivity contribution in [2.45, 2.75) is 10.3 Å². The molecule has 4 rings (SSSR count). The summed E-state index contributed by atoms with van der Waals surface area (Å²) in [6.07, 6.45) is 1.42. The summed E-state index contributed by atoms with van der Waals surface area (Å²) in [4.78, 5) is 25.9. The predicted molar refractivity (Wildman–Crippen MR) is 142 cm³/mol. The number of carbonyl (C=O) groups is 2. The van der Waals surface area contributed by atoms with Gasteiger partial charge in [-0.15, -0.1) is 23.2 Å². The molecule has 2 amide bonds. The predicted octanol–water partition coefficient (Wildman–Crippen LogP) is 8.21. The van der Waals surface area contributed by atoms with Gasteiger partial charge in [-0.3, -0.25) is 9.59 Å². The third kappa shape index (κ3) is 5.45. The normalized spacial score (nSPS) is 18.0. The molecule has 1 aliphatic rings. The zero-order chi connectivity index (χ0) is 25.5. The maximum absolute atomic E-state index is 13.5. The fourth-order valence-corrected chi connectivity index (χ4v) is 5.40. The number of hydrogen-bond donors (Lipinski definition) is 2. The lowest BCUT2D eigenvalue weighted by Gasteiger charge is -2.12. The highest BCUT2D eigenvalue weighted by molar-refractivity contribution is 6.53. The number of nitrogens with one attached hydrogen (secondary N) is 2. The summed E-state index contributed by atoms with van der Waals surface area (Å²) in [7, 11) is 0.